The molecule has 0 bridgehead atoms. The molecule has 9 heteroatoms. The van der Waals surface area contributed by atoms with Crippen molar-refractivity contribution in [3.05, 3.63) is 109 Å². The van der Waals surface area contributed by atoms with E-state index in [0.717, 1.165) is 23.3 Å². The normalized spacial score (nSPS) is 13.8. The van der Waals surface area contributed by atoms with E-state index in [-0.39, 0.29) is 24.3 Å². The van der Waals surface area contributed by atoms with Gasteiger partial charge in [0.1, 0.15) is 0 Å². The average Bonchev–Trinajstić information content (AvgIpc) is 2.99. The SMILES string of the molecule is C.C=CCC.CC.CC(C)(C)C(=O)Nc1ccc(NS(=O)(=O)c2ccc(C3C=CC(c4ccncc4)=NN3)cc2)cc1. The number of hydrogen-bond acceptors (Lipinski definition) is 6. The van der Waals surface area contributed by atoms with Gasteiger partial charge in [0.25, 0.3) is 10.0 Å². The van der Waals surface area contributed by atoms with Crippen LogP contribution in [0.2, 0.25) is 0 Å². The fraction of sp³-hybridized carbons (Fsp3) is 0.303. The van der Waals surface area contributed by atoms with Crippen LogP contribution in [0.3, 0.4) is 0 Å². The highest BCUT2D eigenvalue weighted by molar-refractivity contribution is 7.92. The van der Waals surface area contributed by atoms with Gasteiger partial charge in [-0.1, -0.05) is 73.3 Å². The van der Waals surface area contributed by atoms with E-state index >= 15 is 0 Å². The molecular weight excluding hydrogens is 546 g/mol. The second-order valence-electron chi connectivity index (χ2n) is 9.85. The molecule has 1 aromatic heterocycles. The van der Waals surface area contributed by atoms with Crippen molar-refractivity contribution in [2.75, 3.05) is 10.0 Å². The number of carbonyl (C=O) groups is 1. The molecule has 42 heavy (non-hydrogen) atoms. The first kappa shape index (κ1) is 35.8. The zero-order valence-electron chi connectivity index (χ0n) is 24.7. The second kappa shape index (κ2) is 16.9. The topological polar surface area (TPSA) is 113 Å². The van der Waals surface area contributed by atoms with Crippen molar-refractivity contribution in [1.82, 2.24) is 10.4 Å². The fourth-order valence-corrected chi connectivity index (χ4v) is 4.34. The van der Waals surface area contributed by atoms with Gasteiger partial charge in [-0.2, -0.15) is 5.10 Å². The van der Waals surface area contributed by atoms with Gasteiger partial charge in [0.2, 0.25) is 5.91 Å². The van der Waals surface area contributed by atoms with Crippen LogP contribution in [0.1, 0.15) is 72.6 Å². The Kier molecular flexibility index (Phi) is 14.4. The largest absolute Gasteiger partial charge is 0.326 e. The smallest absolute Gasteiger partial charge is 0.261 e. The van der Waals surface area contributed by atoms with E-state index in [9.17, 15) is 13.2 Å². The molecule has 1 aliphatic heterocycles. The van der Waals surface area contributed by atoms with Gasteiger partial charge in [0, 0.05) is 34.7 Å². The van der Waals surface area contributed by atoms with Crippen LogP contribution in [0.5, 0.6) is 0 Å². The van der Waals surface area contributed by atoms with Gasteiger partial charge < -0.3 is 5.32 Å². The maximum atomic E-state index is 12.8. The summed E-state index contributed by atoms with van der Waals surface area (Å²) in [4.78, 5) is 16.3. The molecule has 1 amide bonds. The Balaban J connectivity index is 0.00000116. The van der Waals surface area contributed by atoms with E-state index in [4.69, 9.17) is 0 Å². The molecule has 0 saturated carbocycles. The summed E-state index contributed by atoms with van der Waals surface area (Å²) >= 11 is 0. The third kappa shape index (κ3) is 10.6. The van der Waals surface area contributed by atoms with E-state index in [1.54, 1.807) is 60.9 Å². The first-order chi connectivity index (χ1) is 19.5. The van der Waals surface area contributed by atoms with E-state index < -0.39 is 15.4 Å². The van der Waals surface area contributed by atoms with E-state index in [1.165, 1.54) is 0 Å². The van der Waals surface area contributed by atoms with Crippen molar-refractivity contribution in [3.63, 3.8) is 0 Å². The zero-order chi connectivity index (χ0) is 30.5. The lowest BCUT2D eigenvalue weighted by Gasteiger charge is -2.19. The molecule has 3 aromatic rings. The Morgan fingerprint density at radius 2 is 1.52 bits per heavy atom. The van der Waals surface area contributed by atoms with Crippen molar-refractivity contribution < 1.29 is 13.2 Å². The Morgan fingerprint density at radius 1 is 0.976 bits per heavy atom. The van der Waals surface area contributed by atoms with E-state index in [0.29, 0.717) is 11.4 Å². The highest BCUT2D eigenvalue weighted by Gasteiger charge is 2.21. The van der Waals surface area contributed by atoms with Crippen molar-refractivity contribution in [3.8, 4) is 0 Å². The Morgan fingerprint density at radius 3 is 2.00 bits per heavy atom. The maximum Gasteiger partial charge on any atom is 0.261 e. The molecule has 2 aromatic carbocycles. The summed E-state index contributed by atoms with van der Waals surface area (Å²) in [5.41, 5.74) is 6.21. The number of aromatic nitrogens is 1. The second-order valence-corrected chi connectivity index (χ2v) is 11.5. The van der Waals surface area contributed by atoms with Gasteiger partial charge in [0.15, 0.2) is 0 Å². The molecule has 226 valence electrons. The molecule has 1 unspecified atom stereocenters. The van der Waals surface area contributed by atoms with Crippen LogP contribution >= 0.6 is 0 Å². The molecule has 8 nitrogen and oxygen atoms in total. The van der Waals surface area contributed by atoms with Crippen molar-refractivity contribution in [1.29, 1.82) is 0 Å². The molecule has 1 atom stereocenters. The average molecular weight is 592 g/mol. The van der Waals surface area contributed by atoms with Gasteiger partial charge in [-0.15, -0.1) is 6.58 Å². The summed E-state index contributed by atoms with van der Waals surface area (Å²) in [6.45, 7) is 15.0. The number of sulfonamides is 1. The first-order valence-corrected chi connectivity index (χ1v) is 15.1. The van der Waals surface area contributed by atoms with Crippen LogP contribution in [-0.4, -0.2) is 25.0 Å². The molecule has 0 spiro atoms. The number of hydrogen-bond donors (Lipinski definition) is 3. The Bertz CT molecular complexity index is 1430. The van der Waals surface area contributed by atoms with Gasteiger partial charge in [-0.05, 0) is 66.6 Å². The lowest BCUT2D eigenvalue weighted by atomic mass is 9.95. The number of nitrogens with one attached hydrogen (secondary N) is 3. The zero-order valence-corrected chi connectivity index (χ0v) is 25.5. The number of carbonyl (C=O) groups excluding carboxylic acids is 1. The van der Waals surface area contributed by atoms with Crippen molar-refractivity contribution in [2.24, 2.45) is 10.5 Å². The first-order valence-electron chi connectivity index (χ1n) is 13.6. The van der Waals surface area contributed by atoms with E-state index in [2.05, 4.69) is 39.1 Å². The number of allylic oxidation sites excluding steroid dienone is 2. The van der Waals surface area contributed by atoms with Crippen LogP contribution < -0.4 is 15.5 Å². The third-order valence-electron chi connectivity index (χ3n) is 5.66. The molecule has 0 saturated heterocycles. The minimum Gasteiger partial charge on any atom is -0.326 e. The van der Waals surface area contributed by atoms with Crippen LogP contribution in [0.25, 0.3) is 0 Å². The van der Waals surface area contributed by atoms with Gasteiger partial charge in [-0.3, -0.25) is 19.9 Å². The predicted molar refractivity (Wildman–Crippen MR) is 176 cm³/mol. The summed E-state index contributed by atoms with van der Waals surface area (Å²) < 4.78 is 28.3. The molecular formula is C33H45N5O3S. The number of amides is 1. The number of benzene rings is 2. The minimum absolute atomic E-state index is 0. The molecule has 3 N–H and O–H groups in total. The summed E-state index contributed by atoms with van der Waals surface area (Å²) in [6.07, 6.45) is 10.3. The predicted octanol–water partition coefficient (Wildman–Crippen LogP) is 7.72. The van der Waals surface area contributed by atoms with Crippen LogP contribution in [0, 0.1) is 5.41 Å². The van der Waals surface area contributed by atoms with Gasteiger partial charge in [-0.25, -0.2) is 8.42 Å². The molecule has 0 aliphatic carbocycles. The summed E-state index contributed by atoms with van der Waals surface area (Å²) in [5, 5.41) is 7.23. The van der Waals surface area contributed by atoms with Gasteiger partial charge >= 0.3 is 0 Å². The highest BCUT2D eigenvalue weighted by Crippen LogP contribution is 2.23. The lowest BCUT2D eigenvalue weighted by molar-refractivity contribution is -0.123. The number of anilines is 2. The van der Waals surface area contributed by atoms with Crippen molar-refractivity contribution >= 4 is 33.0 Å². The van der Waals surface area contributed by atoms with E-state index in [1.807, 2.05) is 65.0 Å². The summed E-state index contributed by atoms with van der Waals surface area (Å²) in [7, 11) is -3.77. The minimum atomic E-state index is -3.77. The summed E-state index contributed by atoms with van der Waals surface area (Å²) in [6, 6.07) is 16.8. The van der Waals surface area contributed by atoms with Crippen molar-refractivity contribution in [2.45, 2.75) is 66.3 Å². The number of hydrazone groups is 1. The molecule has 0 fully saturated rings. The number of rotatable bonds is 7. The molecule has 2 heterocycles. The van der Waals surface area contributed by atoms with Crippen LogP contribution in [0.15, 0.2) is 108 Å². The standard InChI is InChI=1S/C26H27N5O3S.C4H8.C2H6.CH4/c1-26(2,3)25(32)28-20-6-8-21(9-7-20)31-35(33,34)22-10-4-18(5-11-22)23-12-13-24(30-29-23)19-14-16-27-17-15-19;1-3-4-2;1-2;/h4-17,23,29,31H,1-3H3,(H,28,32);3H,1,4H2,2H3;1-2H3;1H4. The van der Waals surface area contributed by atoms with Gasteiger partial charge in [0.05, 0.1) is 16.6 Å². The van der Waals surface area contributed by atoms with Crippen LogP contribution in [-0.2, 0) is 14.8 Å². The molecule has 0 radical (unpaired) electrons. The number of pyridine rings is 1. The fourth-order valence-electron chi connectivity index (χ4n) is 3.28. The molecule has 4 rings (SSSR count). The summed E-state index contributed by atoms with van der Waals surface area (Å²) in [5.74, 6) is -0.118. The maximum absolute atomic E-state index is 12.8. The lowest BCUT2D eigenvalue weighted by Crippen LogP contribution is -2.27. The molecule has 1 aliphatic rings. The monoisotopic (exact) mass is 591 g/mol. The quantitative estimate of drug-likeness (QED) is 0.244. The number of nitrogens with zero attached hydrogens (tertiary/aromatic N) is 2. The Labute approximate surface area is 252 Å². The third-order valence-corrected chi connectivity index (χ3v) is 7.06. The highest BCUT2D eigenvalue weighted by atomic mass is 32.2. The Hall–Kier alpha value is -4.24. The van der Waals surface area contributed by atoms with Crippen LogP contribution in [0.4, 0.5) is 11.4 Å².